The van der Waals surface area contributed by atoms with Gasteiger partial charge in [-0.2, -0.15) is 0 Å². The molecule has 0 aliphatic rings. The van der Waals surface area contributed by atoms with Crippen molar-refractivity contribution in [3.05, 3.63) is 98.4 Å². The minimum Gasteiger partial charge on any atom is -0.357 e. The lowest BCUT2D eigenvalue weighted by molar-refractivity contribution is -0.139. The maximum absolute atomic E-state index is 13.8. The summed E-state index contributed by atoms with van der Waals surface area (Å²) in [5.41, 5.74) is 1.82. The van der Waals surface area contributed by atoms with Gasteiger partial charge in [-0.1, -0.05) is 81.6 Å². The summed E-state index contributed by atoms with van der Waals surface area (Å²) in [5.74, 6) is -0.918. The zero-order valence-corrected chi connectivity index (χ0v) is 24.1. The highest BCUT2D eigenvalue weighted by atomic mass is 79.9. The highest BCUT2D eigenvalue weighted by molar-refractivity contribution is 9.10. The van der Waals surface area contributed by atoms with Crippen molar-refractivity contribution in [1.29, 1.82) is 0 Å². The molecule has 0 heterocycles. The van der Waals surface area contributed by atoms with Crippen molar-refractivity contribution >= 4 is 66.7 Å². The summed E-state index contributed by atoms with van der Waals surface area (Å²) in [7, 11) is -2.39. The molecule has 0 saturated heterocycles. The fraction of sp³-hybridized carbons (Fsp3) is 0.231. The van der Waals surface area contributed by atoms with E-state index in [0.29, 0.717) is 0 Å². The standard InChI is InChI=1S/C26H26BrCl2N3O4S/c1-30-26(34)24(14-18-6-4-3-5-7-18)31(16-19-8-10-20(27)11-9-19)25(33)17-32(37(2,35)36)21-12-13-22(28)23(29)15-21/h3-13,15,24H,14,16-17H2,1-2H3,(H,30,34). The monoisotopic (exact) mass is 625 g/mol. The molecule has 7 nitrogen and oxygen atoms in total. The molecule has 0 spiro atoms. The molecule has 3 aromatic carbocycles. The molecule has 37 heavy (non-hydrogen) atoms. The van der Waals surface area contributed by atoms with E-state index in [9.17, 15) is 18.0 Å². The fourth-order valence-electron chi connectivity index (χ4n) is 3.76. The number of amides is 2. The Hall–Kier alpha value is -2.59. The number of likely N-dealkylation sites (N-methyl/N-ethyl adjacent to an activating group) is 1. The van der Waals surface area contributed by atoms with Crippen LogP contribution in [0.5, 0.6) is 0 Å². The molecule has 0 fully saturated rings. The number of benzene rings is 3. The molecule has 0 saturated carbocycles. The maximum atomic E-state index is 13.8. The van der Waals surface area contributed by atoms with E-state index in [1.807, 2.05) is 54.6 Å². The van der Waals surface area contributed by atoms with Gasteiger partial charge >= 0.3 is 0 Å². The molecule has 196 valence electrons. The van der Waals surface area contributed by atoms with Crippen LogP contribution in [0.25, 0.3) is 0 Å². The summed E-state index contributed by atoms with van der Waals surface area (Å²) < 4.78 is 27.3. The second kappa shape index (κ2) is 12.8. The van der Waals surface area contributed by atoms with E-state index >= 15 is 0 Å². The summed E-state index contributed by atoms with van der Waals surface area (Å²) >= 11 is 15.5. The molecule has 1 atom stereocenters. The summed E-state index contributed by atoms with van der Waals surface area (Å²) in [4.78, 5) is 28.3. The number of rotatable bonds is 10. The molecule has 2 amide bonds. The van der Waals surface area contributed by atoms with Crippen molar-refractivity contribution in [2.24, 2.45) is 0 Å². The predicted molar refractivity (Wildman–Crippen MR) is 151 cm³/mol. The second-order valence-corrected chi connectivity index (χ2v) is 12.0. The second-order valence-electron chi connectivity index (χ2n) is 8.34. The highest BCUT2D eigenvalue weighted by Crippen LogP contribution is 2.29. The number of nitrogens with one attached hydrogen (secondary N) is 1. The first-order valence-corrected chi connectivity index (χ1v) is 14.6. The van der Waals surface area contributed by atoms with Gasteiger partial charge in [0.1, 0.15) is 12.6 Å². The van der Waals surface area contributed by atoms with Gasteiger partial charge in [-0.15, -0.1) is 0 Å². The molecule has 0 aliphatic carbocycles. The summed E-state index contributed by atoms with van der Waals surface area (Å²) in [6.07, 6.45) is 1.25. The van der Waals surface area contributed by atoms with Crippen LogP contribution in [0.4, 0.5) is 5.69 Å². The molecule has 0 aromatic heterocycles. The van der Waals surface area contributed by atoms with Gasteiger partial charge in [0.2, 0.25) is 21.8 Å². The van der Waals surface area contributed by atoms with E-state index in [0.717, 1.165) is 26.2 Å². The number of hydrogen-bond acceptors (Lipinski definition) is 4. The van der Waals surface area contributed by atoms with E-state index in [4.69, 9.17) is 23.2 Å². The van der Waals surface area contributed by atoms with E-state index < -0.39 is 28.5 Å². The lowest BCUT2D eigenvalue weighted by Crippen LogP contribution is -2.52. The van der Waals surface area contributed by atoms with Crippen LogP contribution >= 0.6 is 39.1 Å². The van der Waals surface area contributed by atoms with E-state index in [2.05, 4.69) is 21.2 Å². The van der Waals surface area contributed by atoms with Crippen LogP contribution in [0.15, 0.2) is 77.3 Å². The molecular formula is C26H26BrCl2N3O4S. The third kappa shape index (κ3) is 7.95. The first-order valence-electron chi connectivity index (χ1n) is 11.2. The van der Waals surface area contributed by atoms with Gasteiger partial charge in [-0.05, 0) is 41.5 Å². The molecular weight excluding hydrogens is 601 g/mol. The Labute approximate surface area is 235 Å². The fourth-order valence-corrected chi connectivity index (χ4v) is 5.16. The summed E-state index contributed by atoms with van der Waals surface area (Å²) in [6, 6.07) is 20.1. The van der Waals surface area contributed by atoms with Crippen LogP contribution in [0, 0.1) is 0 Å². The number of carbonyl (C=O) groups excluding carboxylic acids is 2. The van der Waals surface area contributed by atoms with Crippen LogP contribution in [0.2, 0.25) is 10.0 Å². The predicted octanol–water partition coefficient (Wildman–Crippen LogP) is 4.91. The average molecular weight is 627 g/mol. The first kappa shape index (κ1) is 29.0. The number of halogens is 3. The molecule has 3 rings (SSSR count). The number of anilines is 1. The average Bonchev–Trinajstić information content (AvgIpc) is 2.87. The van der Waals surface area contributed by atoms with Crippen LogP contribution < -0.4 is 9.62 Å². The molecule has 1 unspecified atom stereocenters. The molecule has 3 aromatic rings. The number of sulfonamides is 1. The van der Waals surface area contributed by atoms with Crippen LogP contribution in [-0.2, 0) is 32.6 Å². The van der Waals surface area contributed by atoms with Crippen LogP contribution in [-0.4, -0.2) is 51.0 Å². The number of hydrogen-bond donors (Lipinski definition) is 1. The largest absolute Gasteiger partial charge is 0.357 e. The van der Waals surface area contributed by atoms with Gasteiger partial charge in [0.25, 0.3) is 0 Å². The van der Waals surface area contributed by atoms with Crippen molar-refractivity contribution in [3.63, 3.8) is 0 Å². The van der Waals surface area contributed by atoms with Crippen molar-refractivity contribution in [3.8, 4) is 0 Å². The van der Waals surface area contributed by atoms with Crippen LogP contribution in [0.1, 0.15) is 11.1 Å². The van der Waals surface area contributed by atoms with Gasteiger partial charge in [0.05, 0.1) is 22.0 Å². The van der Waals surface area contributed by atoms with E-state index in [1.165, 1.54) is 30.1 Å². The van der Waals surface area contributed by atoms with E-state index in [-0.39, 0.29) is 34.6 Å². The Bertz CT molecular complexity index is 1360. The Morgan fingerprint density at radius 2 is 1.59 bits per heavy atom. The highest BCUT2D eigenvalue weighted by Gasteiger charge is 2.32. The first-order chi connectivity index (χ1) is 17.5. The Morgan fingerprint density at radius 3 is 2.16 bits per heavy atom. The zero-order chi connectivity index (χ0) is 27.2. The minimum atomic E-state index is -3.89. The van der Waals surface area contributed by atoms with Gasteiger partial charge in [-0.25, -0.2) is 8.42 Å². The summed E-state index contributed by atoms with van der Waals surface area (Å²) in [6.45, 7) is -0.439. The third-order valence-corrected chi connectivity index (χ3v) is 8.06. The van der Waals surface area contributed by atoms with Crippen molar-refractivity contribution in [2.75, 3.05) is 24.2 Å². The lowest BCUT2D eigenvalue weighted by Gasteiger charge is -2.33. The van der Waals surface area contributed by atoms with Crippen molar-refractivity contribution < 1.29 is 18.0 Å². The van der Waals surface area contributed by atoms with Gasteiger partial charge in [0.15, 0.2) is 0 Å². The van der Waals surface area contributed by atoms with Crippen molar-refractivity contribution in [2.45, 2.75) is 19.0 Å². The van der Waals surface area contributed by atoms with Crippen molar-refractivity contribution in [1.82, 2.24) is 10.2 Å². The lowest BCUT2D eigenvalue weighted by atomic mass is 10.0. The van der Waals surface area contributed by atoms with Gasteiger partial charge in [-0.3, -0.25) is 13.9 Å². The molecule has 0 bridgehead atoms. The number of carbonyl (C=O) groups is 2. The Balaban J connectivity index is 2.03. The smallest absolute Gasteiger partial charge is 0.244 e. The van der Waals surface area contributed by atoms with Crippen LogP contribution in [0.3, 0.4) is 0 Å². The van der Waals surface area contributed by atoms with Gasteiger partial charge < -0.3 is 10.2 Å². The Morgan fingerprint density at radius 1 is 0.946 bits per heavy atom. The third-order valence-electron chi connectivity index (χ3n) is 5.65. The Kier molecular flexibility index (Phi) is 10.0. The van der Waals surface area contributed by atoms with E-state index in [1.54, 1.807) is 0 Å². The normalized spacial score (nSPS) is 12.0. The van der Waals surface area contributed by atoms with Gasteiger partial charge in [0, 0.05) is 24.5 Å². The quantitative estimate of drug-likeness (QED) is 0.347. The maximum Gasteiger partial charge on any atom is 0.244 e. The minimum absolute atomic E-state index is 0.0933. The SMILES string of the molecule is CNC(=O)C(Cc1ccccc1)N(Cc1ccc(Br)cc1)C(=O)CN(c1ccc(Cl)c(Cl)c1)S(C)(=O)=O. The molecule has 0 radical (unpaired) electrons. The molecule has 0 aliphatic heterocycles. The molecule has 1 N–H and O–H groups in total. The topological polar surface area (TPSA) is 86.8 Å². The summed E-state index contributed by atoms with van der Waals surface area (Å²) in [5, 5.41) is 3.05. The number of nitrogens with zero attached hydrogens (tertiary/aromatic N) is 2. The zero-order valence-electron chi connectivity index (χ0n) is 20.2. The molecule has 11 heteroatoms.